The van der Waals surface area contributed by atoms with Crippen molar-refractivity contribution in [2.45, 2.75) is 22.0 Å². The van der Waals surface area contributed by atoms with Crippen molar-refractivity contribution in [2.24, 2.45) is 0 Å². The van der Waals surface area contributed by atoms with E-state index in [2.05, 4.69) is 51.2 Å². The van der Waals surface area contributed by atoms with E-state index in [-0.39, 0.29) is 242 Å². The van der Waals surface area contributed by atoms with Crippen LogP contribution in [0.15, 0.2) is 46.2 Å². The molecule has 4 aromatic rings. The molecule has 0 fully saturated rings. The summed E-state index contributed by atoms with van der Waals surface area (Å²) in [5.74, 6) is -3.61. The molecule has 40 heteroatoms. The maximum atomic E-state index is 12.6. The molecule has 4 rings (SSSR count). The summed E-state index contributed by atoms with van der Waals surface area (Å²) in [6.07, 6.45) is -0.662. The van der Waals surface area contributed by atoms with Gasteiger partial charge in [0.15, 0.2) is 0 Å². The van der Waals surface area contributed by atoms with Gasteiger partial charge in [0, 0.05) is 50.6 Å². The Bertz CT molecular complexity index is 2790. The molecular formula is C38H52N12Na4O20S4. The van der Waals surface area contributed by atoms with Crippen LogP contribution in [0.5, 0.6) is 0 Å². The van der Waals surface area contributed by atoms with Gasteiger partial charge in [0.05, 0.1) is 107 Å². The topological polar surface area (TPSA) is 501 Å². The summed E-state index contributed by atoms with van der Waals surface area (Å²) in [5.41, 5.74) is -0.920. The molecular weight excluding hydrogens is 1160 g/mol. The number of aliphatic hydroxyl groups excluding tert-OH is 6. The first-order chi connectivity index (χ1) is 34.8. The molecule has 0 amide bonds. The van der Waals surface area contributed by atoms with Gasteiger partial charge >= 0.3 is 118 Å². The van der Waals surface area contributed by atoms with Crippen molar-refractivity contribution < 1.29 is 210 Å². The monoisotopic (exact) mass is 1220 g/mol. The van der Waals surface area contributed by atoms with Crippen molar-refractivity contribution >= 4 is 99.7 Å². The number of hydrogen-bond acceptors (Lipinski definition) is 32. The van der Waals surface area contributed by atoms with E-state index in [0.29, 0.717) is 0 Å². The fourth-order valence-corrected chi connectivity index (χ4v) is 8.18. The normalized spacial score (nSPS) is 12.5. The van der Waals surface area contributed by atoms with Crippen LogP contribution in [0.4, 0.5) is 47.1 Å². The summed E-state index contributed by atoms with van der Waals surface area (Å²) in [7, 11) is -20.1. The third kappa shape index (κ3) is 28.1. The van der Waals surface area contributed by atoms with Crippen molar-refractivity contribution in [2.75, 3.05) is 135 Å². The molecule has 2 heterocycles. The fraction of sp³-hybridized carbons (Fsp3) is 0.474. The Morgan fingerprint density at radius 3 is 1.18 bits per heavy atom. The van der Waals surface area contributed by atoms with Gasteiger partial charge < -0.3 is 89.4 Å². The number of aliphatic hydroxyl groups is 6. The first-order valence-corrected chi connectivity index (χ1v) is 27.5. The van der Waals surface area contributed by atoms with Crippen LogP contribution in [0.25, 0.3) is 12.2 Å². The maximum absolute atomic E-state index is 12.6. The van der Waals surface area contributed by atoms with Gasteiger partial charge in [0.1, 0.15) is 20.2 Å². The molecule has 2 atom stereocenters. The molecule has 0 saturated carbocycles. The van der Waals surface area contributed by atoms with Crippen molar-refractivity contribution in [1.82, 2.24) is 29.9 Å². The zero-order chi connectivity index (χ0) is 54.7. The summed E-state index contributed by atoms with van der Waals surface area (Å²) in [4.78, 5) is 26.0. The zero-order valence-electron chi connectivity index (χ0n) is 42.7. The molecule has 0 aliphatic heterocycles. The Balaban J connectivity index is 0.0000148. The molecule has 32 nitrogen and oxygen atoms in total. The largest absolute Gasteiger partial charge is 1.00 e. The van der Waals surface area contributed by atoms with E-state index in [4.69, 9.17) is 19.7 Å². The summed E-state index contributed by atoms with van der Waals surface area (Å²) in [5, 5.41) is 68.1. The van der Waals surface area contributed by atoms with Crippen molar-refractivity contribution in [1.29, 1.82) is 0 Å². The molecule has 78 heavy (non-hydrogen) atoms. The molecule has 0 saturated heterocycles. The Morgan fingerprint density at radius 1 is 0.526 bits per heavy atom. The number of benzene rings is 2. The molecule has 0 spiro atoms. The minimum absolute atomic E-state index is 0. The predicted octanol–water partition coefficient (Wildman–Crippen LogP) is -16.2. The van der Waals surface area contributed by atoms with Crippen molar-refractivity contribution in [3.05, 3.63) is 47.5 Å². The van der Waals surface area contributed by atoms with Crippen LogP contribution < -0.4 is 149 Å². The Labute approximate surface area is 537 Å². The minimum Gasteiger partial charge on any atom is -0.748 e. The van der Waals surface area contributed by atoms with Gasteiger partial charge in [-0.2, -0.15) is 29.9 Å². The van der Waals surface area contributed by atoms with Crippen LogP contribution >= 0.6 is 0 Å². The molecule has 10 N–H and O–H groups in total. The SMILES string of the molecule is O=S(=O)([O-])CCNc1nc(Nc2ccc(/C=C/c3ccc(Nc4nc(NCCS(=O)(=O)[O-])nc(N(CCOCCO)CC(O)CO)n4)cc3S(=O)(=O)[O-])c(S(=O)(=O)[O-])c2)nc(N(CCOCCO)CC(O)CO)n1.[Na+].[Na+].[Na+].[Na+]. The van der Waals surface area contributed by atoms with Gasteiger partial charge in [0.2, 0.25) is 35.7 Å². The Kier molecular flexibility index (Phi) is 36.0. The molecule has 2 unspecified atom stereocenters. The van der Waals surface area contributed by atoms with Gasteiger partial charge in [-0.3, -0.25) is 0 Å². The molecule has 0 aliphatic carbocycles. The van der Waals surface area contributed by atoms with Crippen LogP contribution in [-0.4, -0.2) is 228 Å². The second-order valence-corrected chi connectivity index (χ2v) is 20.9. The third-order valence-electron chi connectivity index (χ3n) is 9.37. The van der Waals surface area contributed by atoms with Crippen LogP contribution in [0.3, 0.4) is 0 Å². The fourth-order valence-electron chi connectivity index (χ4n) is 6.08. The van der Waals surface area contributed by atoms with Gasteiger partial charge in [-0.15, -0.1) is 0 Å². The summed E-state index contributed by atoms with van der Waals surface area (Å²) in [6.45, 7) is -3.89. The van der Waals surface area contributed by atoms with Crippen molar-refractivity contribution in [3.63, 3.8) is 0 Å². The molecule has 0 aliphatic rings. The number of ether oxygens (including phenoxy) is 2. The molecule has 0 radical (unpaired) electrons. The number of rotatable bonds is 34. The van der Waals surface area contributed by atoms with Gasteiger partial charge in [-0.05, 0) is 35.4 Å². The maximum Gasteiger partial charge on any atom is 1.00 e. The number of nitrogens with zero attached hydrogens (tertiary/aromatic N) is 8. The van der Waals surface area contributed by atoms with Gasteiger partial charge in [-0.25, -0.2) is 33.7 Å². The number of aromatic nitrogens is 6. The molecule has 0 bridgehead atoms. The average Bonchev–Trinajstić information content (AvgIpc) is 3.31. The third-order valence-corrected chi connectivity index (χ3v) is 12.6. The van der Waals surface area contributed by atoms with Crippen LogP contribution in [0, 0.1) is 0 Å². The van der Waals surface area contributed by atoms with E-state index in [0.717, 1.165) is 36.4 Å². The second kappa shape index (κ2) is 36.8. The minimum atomic E-state index is -5.35. The standard InChI is InChI=1S/C38H56N12O20S4.4Na/c51-11-15-69-13-9-49(21-29(55)23-53)37-45-33(39-7-17-71(57,58)59)43-35(47-37)41-27-5-3-25(31(19-27)73(63,64)65)1-2-26-4-6-28(20-32(26)74(66,67)68)42-36-44-34(40-8-18-72(60,61)62)46-38(48-36)50(22-30(56)24-54)10-14-70-16-12-52;;;;/h1-6,19-20,29-30,51-56H,7-18,21-24H2,(H,57,58,59)(H,60,61,62)(H,63,64,65)(H,66,67,68)(H2,39,41,43,45,47)(H2,40,42,44,46,48);;;;/q;4*+1/p-4/b2-1+;;;;. The van der Waals surface area contributed by atoms with Crippen molar-refractivity contribution in [3.8, 4) is 0 Å². The summed E-state index contributed by atoms with van der Waals surface area (Å²) in [6, 6.07) is 6.43. The van der Waals surface area contributed by atoms with Gasteiger partial charge in [0.25, 0.3) is 0 Å². The molecule has 412 valence electrons. The number of hydrogen-bond donors (Lipinski definition) is 10. The predicted molar refractivity (Wildman–Crippen MR) is 256 cm³/mol. The summed E-state index contributed by atoms with van der Waals surface area (Å²) < 4.78 is 154. The van der Waals surface area contributed by atoms with E-state index < -0.39 is 100 Å². The quantitative estimate of drug-likeness (QED) is 0.00898. The van der Waals surface area contributed by atoms with Crippen LogP contribution in [-0.2, 0) is 49.9 Å². The Hall–Kier alpha value is -1.68. The van der Waals surface area contributed by atoms with E-state index in [1.807, 2.05) is 0 Å². The van der Waals surface area contributed by atoms with E-state index in [1.54, 1.807) is 0 Å². The molecule has 2 aromatic heterocycles. The first-order valence-electron chi connectivity index (χ1n) is 21.5. The van der Waals surface area contributed by atoms with Crippen LogP contribution in [0.1, 0.15) is 11.1 Å². The van der Waals surface area contributed by atoms with Crippen LogP contribution in [0.2, 0.25) is 0 Å². The Morgan fingerprint density at radius 2 is 0.872 bits per heavy atom. The zero-order valence-corrected chi connectivity index (χ0v) is 54.0. The first kappa shape index (κ1) is 76.3. The number of nitrogens with one attached hydrogen (secondary N) is 4. The van der Waals surface area contributed by atoms with E-state index >= 15 is 0 Å². The van der Waals surface area contributed by atoms with E-state index in [1.165, 1.54) is 21.9 Å². The smallest absolute Gasteiger partial charge is 0.748 e. The van der Waals surface area contributed by atoms with E-state index in [9.17, 15) is 72.3 Å². The average molecular weight is 1220 g/mol. The number of anilines is 8. The molecule has 2 aromatic carbocycles. The second-order valence-electron chi connectivity index (χ2n) is 15.2. The summed E-state index contributed by atoms with van der Waals surface area (Å²) >= 11 is 0. The van der Waals surface area contributed by atoms with Gasteiger partial charge in [-0.1, -0.05) is 24.3 Å².